The van der Waals surface area contributed by atoms with Crippen LogP contribution in [-0.2, 0) is 0 Å². The lowest BCUT2D eigenvalue weighted by molar-refractivity contribution is 0.0844. The van der Waals surface area contributed by atoms with Gasteiger partial charge in [-0.3, -0.25) is 0 Å². The third kappa shape index (κ3) is 1.27. The van der Waals surface area contributed by atoms with Crippen LogP contribution in [0.15, 0.2) is 0 Å². The molecule has 0 radical (unpaired) electrons. The van der Waals surface area contributed by atoms with Crippen molar-refractivity contribution < 1.29 is 9.90 Å². The van der Waals surface area contributed by atoms with Crippen LogP contribution in [0, 0.1) is 0 Å². The zero-order valence-corrected chi connectivity index (χ0v) is 6.94. The molecule has 0 bridgehead atoms. The Morgan fingerprint density at radius 1 is 1.33 bits per heavy atom. The summed E-state index contributed by atoms with van der Waals surface area (Å²) < 4.78 is 0. The molecule has 3 N–H and O–H groups in total. The fraction of sp³-hybridized carbons (Fsp3) is 0.875. The van der Waals surface area contributed by atoms with Crippen molar-refractivity contribution in [3.63, 3.8) is 0 Å². The molecule has 12 heavy (non-hydrogen) atoms. The second-order valence-corrected chi connectivity index (χ2v) is 3.81. The van der Waals surface area contributed by atoms with Gasteiger partial charge in [0.05, 0.1) is 0 Å². The van der Waals surface area contributed by atoms with Gasteiger partial charge in [-0.1, -0.05) is 0 Å². The van der Waals surface area contributed by atoms with E-state index in [1.807, 2.05) is 0 Å². The van der Waals surface area contributed by atoms with Crippen LogP contribution in [0.3, 0.4) is 0 Å². The maximum absolute atomic E-state index is 10.8. The van der Waals surface area contributed by atoms with Crippen molar-refractivity contribution in [2.75, 3.05) is 0 Å². The molecular formula is C8H14N2O2. The molecule has 0 spiro atoms. The molecular weight excluding hydrogens is 156 g/mol. The van der Waals surface area contributed by atoms with Crippen LogP contribution < -0.4 is 5.73 Å². The molecule has 0 atom stereocenters. The molecule has 0 heterocycles. The Kier molecular flexibility index (Phi) is 1.72. The monoisotopic (exact) mass is 170 g/mol. The quantitative estimate of drug-likeness (QED) is 0.638. The smallest absolute Gasteiger partial charge is 0.407 e. The number of hydrogen-bond acceptors (Lipinski definition) is 2. The van der Waals surface area contributed by atoms with Gasteiger partial charge in [0, 0.05) is 18.1 Å². The fourth-order valence-electron chi connectivity index (χ4n) is 1.82. The summed E-state index contributed by atoms with van der Waals surface area (Å²) >= 11 is 0. The maximum Gasteiger partial charge on any atom is 0.407 e. The SMILES string of the molecule is NC1CC(N(C(=O)O)C2CC2)C1. The van der Waals surface area contributed by atoms with E-state index in [-0.39, 0.29) is 12.1 Å². The number of hydrogen-bond donors (Lipinski definition) is 2. The highest BCUT2D eigenvalue weighted by atomic mass is 16.4. The van der Waals surface area contributed by atoms with Gasteiger partial charge in [0.1, 0.15) is 0 Å². The lowest BCUT2D eigenvalue weighted by Crippen LogP contribution is -2.53. The van der Waals surface area contributed by atoms with Crippen LogP contribution in [0.25, 0.3) is 0 Å². The minimum atomic E-state index is -0.769. The first-order valence-corrected chi connectivity index (χ1v) is 4.45. The van der Waals surface area contributed by atoms with Crippen molar-refractivity contribution in [1.82, 2.24) is 4.90 Å². The Morgan fingerprint density at radius 2 is 1.92 bits per heavy atom. The van der Waals surface area contributed by atoms with Crippen molar-refractivity contribution in [3.8, 4) is 0 Å². The van der Waals surface area contributed by atoms with Crippen molar-refractivity contribution in [1.29, 1.82) is 0 Å². The Morgan fingerprint density at radius 3 is 2.25 bits per heavy atom. The van der Waals surface area contributed by atoms with Gasteiger partial charge >= 0.3 is 6.09 Å². The molecule has 2 rings (SSSR count). The van der Waals surface area contributed by atoms with Gasteiger partial charge in [-0.2, -0.15) is 0 Å². The summed E-state index contributed by atoms with van der Waals surface area (Å²) in [7, 11) is 0. The van der Waals surface area contributed by atoms with E-state index in [0.29, 0.717) is 6.04 Å². The van der Waals surface area contributed by atoms with Crippen LogP contribution in [0.2, 0.25) is 0 Å². The van der Waals surface area contributed by atoms with Crippen LogP contribution in [-0.4, -0.2) is 34.2 Å². The largest absolute Gasteiger partial charge is 0.465 e. The fourth-order valence-corrected chi connectivity index (χ4v) is 1.82. The summed E-state index contributed by atoms with van der Waals surface area (Å²) in [5, 5.41) is 8.89. The molecule has 68 valence electrons. The number of nitrogens with zero attached hydrogens (tertiary/aromatic N) is 1. The second-order valence-electron chi connectivity index (χ2n) is 3.81. The average Bonchev–Trinajstić information content (AvgIpc) is 2.67. The molecule has 0 aromatic carbocycles. The van der Waals surface area contributed by atoms with Crippen molar-refractivity contribution in [2.24, 2.45) is 5.73 Å². The molecule has 0 aromatic rings. The van der Waals surface area contributed by atoms with Gasteiger partial charge in [-0.05, 0) is 25.7 Å². The molecule has 4 nitrogen and oxygen atoms in total. The van der Waals surface area contributed by atoms with Crippen molar-refractivity contribution in [2.45, 2.75) is 43.8 Å². The van der Waals surface area contributed by atoms with Crippen LogP contribution >= 0.6 is 0 Å². The molecule has 0 aliphatic heterocycles. The minimum absolute atomic E-state index is 0.213. The van der Waals surface area contributed by atoms with Gasteiger partial charge in [-0.25, -0.2) is 4.79 Å². The van der Waals surface area contributed by atoms with E-state index in [2.05, 4.69) is 0 Å². The van der Waals surface area contributed by atoms with Gasteiger partial charge in [0.15, 0.2) is 0 Å². The predicted octanol–water partition coefficient (Wildman–Crippen LogP) is 0.618. The molecule has 2 aliphatic carbocycles. The van der Waals surface area contributed by atoms with Gasteiger partial charge < -0.3 is 15.7 Å². The van der Waals surface area contributed by atoms with E-state index in [0.717, 1.165) is 25.7 Å². The molecule has 2 saturated carbocycles. The molecule has 2 aliphatic rings. The van der Waals surface area contributed by atoms with E-state index < -0.39 is 6.09 Å². The van der Waals surface area contributed by atoms with E-state index in [1.54, 1.807) is 4.90 Å². The Bertz CT molecular complexity index is 197. The first-order valence-electron chi connectivity index (χ1n) is 4.45. The Balaban J connectivity index is 1.93. The van der Waals surface area contributed by atoms with E-state index >= 15 is 0 Å². The normalized spacial score (nSPS) is 34.1. The molecule has 0 aromatic heterocycles. The third-order valence-corrected chi connectivity index (χ3v) is 2.70. The molecule has 1 amide bonds. The summed E-state index contributed by atoms with van der Waals surface area (Å²) in [6, 6.07) is 0.751. The summed E-state index contributed by atoms with van der Waals surface area (Å²) in [5.74, 6) is 0. The number of carboxylic acid groups (broad SMARTS) is 1. The number of rotatable bonds is 2. The minimum Gasteiger partial charge on any atom is -0.465 e. The molecule has 4 heteroatoms. The topological polar surface area (TPSA) is 66.6 Å². The zero-order valence-electron chi connectivity index (χ0n) is 6.94. The predicted molar refractivity (Wildman–Crippen MR) is 43.9 cm³/mol. The molecule has 0 unspecified atom stereocenters. The van der Waals surface area contributed by atoms with Crippen LogP contribution in [0.1, 0.15) is 25.7 Å². The summed E-state index contributed by atoms with van der Waals surface area (Å²) in [6.45, 7) is 0. The second kappa shape index (κ2) is 2.62. The van der Waals surface area contributed by atoms with Crippen LogP contribution in [0.5, 0.6) is 0 Å². The number of nitrogens with two attached hydrogens (primary N) is 1. The van der Waals surface area contributed by atoms with Gasteiger partial charge in [-0.15, -0.1) is 0 Å². The van der Waals surface area contributed by atoms with Gasteiger partial charge in [0.2, 0.25) is 0 Å². The van der Waals surface area contributed by atoms with Crippen molar-refractivity contribution >= 4 is 6.09 Å². The van der Waals surface area contributed by atoms with Gasteiger partial charge in [0.25, 0.3) is 0 Å². The Labute approximate surface area is 71.3 Å². The highest BCUT2D eigenvalue weighted by Crippen LogP contribution is 2.34. The number of carbonyl (C=O) groups is 1. The van der Waals surface area contributed by atoms with Crippen LogP contribution in [0.4, 0.5) is 4.79 Å². The third-order valence-electron chi connectivity index (χ3n) is 2.70. The molecule has 0 saturated heterocycles. The lowest BCUT2D eigenvalue weighted by atomic mass is 9.86. The maximum atomic E-state index is 10.8. The van der Waals surface area contributed by atoms with Crippen molar-refractivity contribution in [3.05, 3.63) is 0 Å². The highest BCUT2D eigenvalue weighted by molar-refractivity contribution is 5.66. The first kappa shape index (κ1) is 7.86. The average molecular weight is 170 g/mol. The van der Waals surface area contributed by atoms with E-state index in [4.69, 9.17) is 10.8 Å². The summed E-state index contributed by atoms with van der Waals surface area (Å²) in [5.41, 5.74) is 5.61. The summed E-state index contributed by atoms with van der Waals surface area (Å²) in [6.07, 6.45) is 3.01. The summed E-state index contributed by atoms with van der Waals surface area (Å²) in [4.78, 5) is 12.4. The standard InChI is InChI=1S/C8H14N2O2/c9-5-3-7(4-5)10(8(11)12)6-1-2-6/h5-7H,1-4,9H2,(H,11,12). The zero-order chi connectivity index (χ0) is 8.72. The molecule has 2 fully saturated rings. The highest BCUT2D eigenvalue weighted by Gasteiger charge is 2.42. The first-order chi connectivity index (χ1) is 5.68. The number of amides is 1. The van der Waals surface area contributed by atoms with E-state index in [1.165, 1.54) is 0 Å². The Hall–Kier alpha value is -0.770. The van der Waals surface area contributed by atoms with E-state index in [9.17, 15) is 4.79 Å². The lowest BCUT2D eigenvalue weighted by Gasteiger charge is -2.39.